The maximum Gasteiger partial charge on any atom is 0.244 e. The molecule has 2 aromatic rings. The molecule has 0 aliphatic carbocycles. The molecule has 2 rings (SSSR count). The van der Waals surface area contributed by atoms with Gasteiger partial charge in [-0.3, -0.25) is 13.9 Å². The van der Waals surface area contributed by atoms with Crippen LogP contribution in [0.2, 0.25) is 0 Å². The summed E-state index contributed by atoms with van der Waals surface area (Å²) in [5, 5.41) is 2.87. The van der Waals surface area contributed by atoms with Crippen LogP contribution in [-0.2, 0) is 26.2 Å². The van der Waals surface area contributed by atoms with Gasteiger partial charge in [-0.25, -0.2) is 8.42 Å². The smallest absolute Gasteiger partial charge is 0.244 e. The molecule has 0 aromatic heterocycles. The molecule has 0 saturated carbocycles. The van der Waals surface area contributed by atoms with Crippen LogP contribution >= 0.6 is 0 Å². The van der Waals surface area contributed by atoms with Crippen LogP contribution in [0.3, 0.4) is 0 Å². The fraction of sp³-hybridized carbons (Fsp3) is 0.462. The van der Waals surface area contributed by atoms with Crippen molar-refractivity contribution >= 4 is 27.5 Å². The molecule has 1 atom stereocenters. The first-order chi connectivity index (χ1) is 16.9. The van der Waals surface area contributed by atoms with E-state index < -0.39 is 28.5 Å². The number of benzene rings is 2. The van der Waals surface area contributed by atoms with Crippen LogP contribution in [0, 0.1) is 6.92 Å². The Kier molecular flexibility index (Phi) is 10.2. The number of aryl methyl sites for hydroxylation is 1. The third kappa shape index (κ3) is 7.61. The van der Waals surface area contributed by atoms with Gasteiger partial charge in [-0.1, -0.05) is 36.8 Å². The van der Waals surface area contributed by atoms with E-state index in [-0.39, 0.29) is 29.9 Å². The Balaban J connectivity index is 2.50. The van der Waals surface area contributed by atoms with Crippen molar-refractivity contribution < 1.29 is 27.5 Å². The molecule has 0 radical (unpaired) electrons. The minimum atomic E-state index is -3.88. The van der Waals surface area contributed by atoms with E-state index in [1.807, 2.05) is 52.0 Å². The van der Waals surface area contributed by atoms with Gasteiger partial charge in [0.2, 0.25) is 21.8 Å². The first-order valence-corrected chi connectivity index (χ1v) is 13.6. The van der Waals surface area contributed by atoms with Crippen molar-refractivity contribution in [1.29, 1.82) is 0 Å². The van der Waals surface area contributed by atoms with E-state index in [0.717, 1.165) is 21.7 Å². The highest BCUT2D eigenvalue weighted by atomic mass is 32.2. The molecule has 0 bridgehead atoms. The van der Waals surface area contributed by atoms with Gasteiger partial charge in [0.1, 0.15) is 24.1 Å². The van der Waals surface area contributed by atoms with Crippen molar-refractivity contribution in [3.05, 3.63) is 53.6 Å². The number of hydrogen-bond acceptors (Lipinski definition) is 6. The van der Waals surface area contributed by atoms with Gasteiger partial charge >= 0.3 is 0 Å². The second-order valence-electron chi connectivity index (χ2n) is 8.90. The number of ether oxygens (including phenoxy) is 2. The van der Waals surface area contributed by atoms with E-state index in [2.05, 4.69) is 5.32 Å². The summed E-state index contributed by atoms with van der Waals surface area (Å²) in [4.78, 5) is 28.2. The monoisotopic (exact) mass is 519 g/mol. The summed E-state index contributed by atoms with van der Waals surface area (Å²) in [6.45, 7) is 7.13. The van der Waals surface area contributed by atoms with Gasteiger partial charge < -0.3 is 19.7 Å². The highest BCUT2D eigenvalue weighted by Gasteiger charge is 2.32. The summed E-state index contributed by atoms with van der Waals surface area (Å²) < 4.78 is 37.2. The molecule has 0 saturated heterocycles. The summed E-state index contributed by atoms with van der Waals surface area (Å²) in [6.07, 6.45) is 1.39. The van der Waals surface area contributed by atoms with Gasteiger partial charge in [0.15, 0.2) is 0 Å². The second kappa shape index (κ2) is 12.6. The van der Waals surface area contributed by atoms with Crippen molar-refractivity contribution in [2.45, 2.75) is 52.7 Å². The molecule has 0 aliphatic heterocycles. The second-order valence-corrected chi connectivity index (χ2v) is 10.8. The lowest BCUT2D eigenvalue weighted by atomic mass is 10.1. The molecule has 2 amide bonds. The zero-order valence-electron chi connectivity index (χ0n) is 22.1. The Morgan fingerprint density at radius 1 is 1.03 bits per heavy atom. The fourth-order valence-electron chi connectivity index (χ4n) is 3.78. The van der Waals surface area contributed by atoms with E-state index in [4.69, 9.17) is 9.47 Å². The molecule has 2 aromatic carbocycles. The summed E-state index contributed by atoms with van der Waals surface area (Å²) in [5.41, 5.74) is 2.10. The van der Waals surface area contributed by atoms with Crippen LogP contribution in [-0.4, -0.2) is 64.2 Å². The minimum absolute atomic E-state index is 0.112. The van der Waals surface area contributed by atoms with Crippen molar-refractivity contribution in [2.75, 3.05) is 31.3 Å². The van der Waals surface area contributed by atoms with Gasteiger partial charge in [-0.15, -0.1) is 0 Å². The molecule has 0 fully saturated rings. The topological polar surface area (TPSA) is 105 Å². The Hall–Kier alpha value is -3.27. The summed E-state index contributed by atoms with van der Waals surface area (Å²) in [5.74, 6) is -0.0828. The fourth-order valence-corrected chi connectivity index (χ4v) is 4.63. The summed E-state index contributed by atoms with van der Waals surface area (Å²) in [7, 11) is -0.986. The molecule has 1 N–H and O–H groups in total. The molecular formula is C26H37N3O6S. The molecule has 0 unspecified atom stereocenters. The molecule has 0 aliphatic rings. The first kappa shape index (κ1) is 29.0. The van der Waals surface area contributed by atoms with Crippen LogP contribution in [0.15, 0.2) is 42.5 Å². The number of rotatable bonds is 12. The van der Waals surface area contributed by atoms with Crippen molar-refractivity contribution in [3.8, 4) is 11.5 Å². The first-order valence-electron chi connectivity index (χ1n) is 11.8. The largest absolute Gasteiger partial charge is 0.497 e. The van der Waals surface area contributed by atoms with Gasteiger partial charge in [0.05, 0.1) is 26.2 Å². The quantitative estimate of drug-likeness (QED) is 0.462. The number of carbonyl (C=O) groups is 2. The zero-order valence-corrected chi connectivity index (χ0v) is 22.9. The summed E-state index contributed by atoms with van der Waals surface area (Å²) in [6, 6.07) is 11.4. The number of nitrogens with zero attached hydrogens (tertiary/aromatic N) is 2. The van der Waals surface area contributed by atoms with Crippen LogP contribution < -0.4 is 19.1 Å². The number of methoxy groups -OCH3 is 2. The van der Waals surface area contributed by atoms with Crippen LogP contribution in [0.5, 0.6) is 11.5 Å². The maximum atomic E-state index is 13.7. The van der Waals surface area contributed by atoms with Gasteiger partial charge in [0.25, 0.3) is 0 Å². The molecule has 198 valence electrons. The number of carbonyl (C=O) groups excluding carboxylic acids is 2. The van der Waals surface area contributed by atoms with E-state index >= 15 is 0 Å². The van der Waals surface area contributed by atoms with Crippen molar-refractivity contribution in [1.82, 2.24) is 10.2 Å². The lowest BCUT2D eigenvalue weighted by molar-refractivity contribution is -0.140. The minimum Gasteiger partial charge on any atom is -0.497 e. The third-order valence-corrected chi connectivity index (χ3v) is 6.75. The van der Waals surface area contributed by atoms with E-state index in [9.17, 15) is 18.0 Å². The predicted molar refractivity (Wildman–Crippen MR) is 141 cm³/mol. The number of anilines is 1. The molecule has 9 nitrogen and oxygen atoms in total. The van der Waals surface area contributed by atoms with E-state index in [1.54, 1.807) is 12.1 Å². The highest BCUT2D eigenvalue weighted by Crippen LogP contribution is 2.33. The Bertz CT molecular complexity index is 1150. The normalized spacial score (nSPS) is 12.1. The molecule has 36 heavy (non-hydrogen) atoms. The molecular weight excluding hydrogens is 482 g/mol. The van der Waals surface area contributed by atoms with Crippen LogP contribution in [0.25, 0.3) is 0 Å². The standard InChI is InChI=1S/C26H37N3O6S/c1-8-22(26(31)27-18(2)3)28(16-20-11-9-19(4)10-12-20)25(30)17-29(36(7,32)33)23-14-13-21(34-5)15-24(23)35-6/h9-15,18,22H,8,16-17H2,1-7H3,(H,27,31)/t22-/m1/s1. The van der Waals surface area contributed by atoms with Crippen molar-refractivity contribution in [2.24, 2.45) is 0 Å². The Morgan fingerprint density at radius 3 is 2.17 bits per heavy atom. The average molecular weight is 520 g/mol. The SMILES string of the molecule is CC[C@H](C(=O)NC(C)C)N(Cc1ccc(C)cc1)C(=O)CN(c1ccc(OC)cc1OC)S(C)(=O)=O. The van der Waals surface area contributed by atoms with E-state index in [1.165, 1.54) is 25.2 Å². The zero-order chi connectivity index (χ0) is 27.0. The number of sulfonamides is 1. The molecule has 0 spiro atoms. The number of amides is 2. The average Bonchev–Trinajstić information content (AvgIpc) is 2.82. The summed E-state index contributed by atoms with van der Waals surface area (Å²) >= 11 is 0. The van der Waals surface area contributed by atoms with E-state index in [0.29, 0.717) is 12.2 Å². The number of hydrogen-bond donors (Lipinski definition) is 1. The predicted octanol–water partition coefficient (Wildman–Crippen LogP) is 3.11. The van der Waals surface area contributed by atoms with Gasteiger partial charge in [0, 0.05) is 18.7 Å². The third-order valence-electron chi connectivity index (χ3n) is 5.63. The van der Waals surface area contributed by atoms with Crippen LogP contribution in [0.4, 0.5) is 5.69 Å². The molecule has 0 heterocycles. The Morgan fingerprint density at radius 2 is 1.67 bits per heavy atom. The lowest BCUT2D eigenvalue weighted by Gasteiger charge is -2.33. The Labute approximate surface area is 214 Å². The van der Waals surface area contributed by atoms with Crippen LogP contribution in [0.1, 0.15) is 38.3 Å². The maximum absolute atomic E-state index is 13.7. The highest BCUT2D eigenvalue weighted by molar-refractivity contribution is 7.92. The van der Waals surface area contributed by atoms with Gasteiger partial charge in [-0.2, -0.15) is 0 Å². The molecule has 10 heteroatoms. The van der Waals surface area contributed by atoms with Gasteiger partial charge in [-0.05, 0) is 44.9 Å². The lowest BCUT2D eigenvalue weighted by Crippen LogP contribution is -2.53. The number of nitrogens with one attached hydrogen (secondary N) is 1. The van der Waals surface area contributed by atoms with Crippen molar-refractivity contribution in [3.63, 3.8) is 0 Å².